The lowest BCUT2D eigenvalue weighted by atomic mass is 10.3. The smallest absolute Gasteiger partial charge is 0.272 e. The second-order valence-electron chi connectivity index (χ2n) is 4.67. The van der Waals surface area contributed by atoms with Crippen LogP contribution in [-0.2, 0) is 13.6 Å². The summed E-state index contributed by atoms with van der Waals surface area (Å²) in [6.07, 6.45) is 1.49. The van der Waals surface area contributed by atoms with E-state index in [-0.39, 0.29) is 5.91 Å². The van der Waals surface area contributed by atoms with Crippen molar-refractivity contribution in [1.82, 2.24) is 19.8 Å². The number of amides is 1. The lowest BCUT2D eigenvalue weighted by Gasteiger charge is -2.15. The molecule has 1 amide bonds. The lowest BCUT2D eigenvalue weighted by Crippen LogP contribution is -2.28. The minimum atomic E-state index is -0.101. The molecule has 0 bridgehead atoms. The summed E-state index contributed by atoms with van der Waals surface area (Å²) < 4.78 is 6.38. The largest absolute Gasteiger partial charge is 0.364 e. The third-order valence-corrected chi connectivity index (χ3v) is 4.00. The molecule has 0 spiro atoms. The van der Waals surface area contributed by atoms with Crippen molar-refractivity contribution in [3.05, 3.63) is 47.3 Å². The van der Waals surface area contributed by atoms with E-state index in [1.807, 2.05) is 23.6 Å². The molecule has 0 atom stereocenters. The average Bonchev–Trinajstić information content (AvgIpc) is 3.18. The molecule has 0 aliphatic heterocycles. The molecule has 0 N–H and O–H groups in total. The van der Waals surface area contributed by atoms with Crippen LogP contribution in [0.5, 0.6) is 0 Å². The van der Waals surface area contributed by atoms with Crippen LogP contribution < -0.4 is 0 Å². The SMILES string of the molecule is CN(Cc1ccon1)C(=O)c1cc(-c2cccs2)nn1C. The maximum Gasteiger partial charge on any atom is 0.272 e. The minimum Gasteiger partial charge on any atom is -0.364 e. The van der Waals surface area contributed by atoms with Gasteiger partial charge in [0.15, 0.2) is 0 Å². The van der Waals surface area contributed by atoms with Crippen LogP contribution in [0.3, 0.4) is 0 Å². The van der Waals surface area contributed by atoms with Crippen LogP contribution in [0.25, 0.3) is 10.6 Å². The number of rotatable bonds is 4. The summed E-state index contributed by atoms with van der Waals surface area (Å²) in [5, 5.41) is 10.2. The Balaban J connectivity index is 1.81. The molecule has 6 nitrogen and oxygen atoms in total. The fourth-order valence-corrected chi connectivity index (χ4v) is 2.72. The van der Waals surface area contributed by atoms with E-state index in [2.05, 4.69) is 10.3 Å². The van der Waals surface area contributed by atoms with Gasteiger partial charge >= 0.3 is 0 Å². The van der Waals surface area contributed by atoms with Gasteiger partial charge in [-0.2, -0.15) is 5.10 Å². The topological polar surface area (TPSA) is 64.2 Å². The molecule has 108 valence electrons. The molecule has 0 unspecified atom stereocenters. The molecule has 3 aromatic heterocycles. The van der Waals surface area contributed by atoms with Gasteiger partial charge in [-0.05, 0) is 17.5 Å². The molecule has 3 aromatic rings. The summed E-state index contributed by atoms with van der Waals surface area (Å²) in [4.78, 5) is 15.1. The lowest BCUT2D eigenvalue weighted by molar-refractivity contribution is 0.0771. The van der Waals surface area contributed by atoms with E-state index in [4.69, 9.17) is 4.52 Å². The first-order valence-corrected chi connectivity index (χ1v) is 7.26. The molecule has 0 aliphatic rings. The van der Waals surface area contributed by atoms with E-state index in [9.17, 15) is 4.79 Å². The van der Waals surface area contributed by atoms with Gasteiger partial charge in [-0.1, -0.05) is 11.2 Å². The Labute approximate surface area is 125 Å². The second-order valence-corrected chi connectivity index (χ2v) is 5.62. The van der Waals surface area contributed by atoms with Crippen LogP contribution in [-0.4, -0.2) is 32.8 Å². The quantitative estimate of drug-likeness (QED) is 0.742. The predicted molar refractivity (Wildman–Crippen MR) is 78.8 cm³/mol. The fraction of sp³-hybridized carbons (Fsp3) is 0.214. The van der Waals surface area contributed by atoms with E-state index < -0.39 is 0 Å². The van der Waals surface area contributed by atoms with Crippen molar-refractivity contribution in [2.75, 3.05) is 7.05 Å². The number of aromatic nitrogens is 3. The molecule has 21 heavy (non-hydrogen) atoms. The second kappa shape index (κ2) is 5.53. The Hall–Kier alpha value is -2.41. The highest BCUT2D eigenvalue weighted by molar-refractivity contribution is 7.13. The van der Waals surface area contributed by atoms with Crippen molar-refractivity contribution < 1.29 is 9.32 Å². The van der Waals surface area contributed by atoms with Gasteiger partial charge in [-0.25, -0.2) is 0 Å². The van der Waals surface area contributed by atoms with E-state index in [1.165, 1.54) is 6.26 Å². The first kappa shape index (κ1) is 13.6. The molecular weight excluding hydrogens is 288 g/mol. The minimum absolute atomic E-state index is 0.101. The van der Waals surface area contributed by atoms with Crippen molar-refractivity contribution in [3.63, 3.8) is 0 Å². The number of thiophene rings is 1. The number of carbonyl (C=O) groups is 1. The Bertz CT molecular complexity index is 731. The Morgan fingerprint density at radius 1 is 1.48 bits per heavy atom. The van der Waals surface area contributed by atoms with Crippen LogP contribution in [0.1, 0.15) is 16.2 Å². The highest BCUT2D eigenvalue weighted by Crippen LogP contribution is 2.24. The van der Waals surface area contributed by atoms with Crippen LogP contribution in [0, 0.1) is 0 Å². The summed E-state index contributed by atoms with van der Waals surface area (Å²) in [6.45, 7) is 0.398. The van der Waals surface area contributed by atoms with E-state index in [1.54, 1.807) is 41.1 Å². The summed E-state index contributed by atoms with van der Waals surface area (Å²) in [6, 6.07) is 7.50. The van der Waals surface area contributed by atoms with Crippen LogP contribution in [0.15, 0.2) is 40.4 Å². The molecule has 0 saturated carbocycles. The van der Waals surface area contributed by atoms with E-state index in [0.29, 0.717) is 17.9 Å². The zero-order chi connectivity index (χ0) is 14.8. The van der Waals surface area contributed by atoms with Crippen LogP contribution >= 0.6 is 11.3 Å². The van der Waals surface area contributed by atoms with Gasteiger partial charge in [0.05, 0.1) is 11.4 Å². The third kappa shape index (κ3) is 2.73. The van der Waals surface area contributed by atoms with Crippen molar-refractivity contribution in [3.8, 4) is 10.6 Å². The Morgan fingerprint density at radius 2 is 2.33 bits per heavy atom. The Kier molecular flexibility index (Phi) is 3.57. The maximum absolute atomic E-state index is 12.5. The zero-order valence-corrected chi connectivity index (χ0v) is 12.5. The molecular formula is C14H14N4O2S. The molecule has 0 aromatic carbocycles. The molecule has 7 heteroatoms. The van der Waals surface area contributed by atoms with Crippen molar-refractivity contribution in [1.29, 1.82) is 0 Å². The number of nitrogens with zero attached hydrogens (tertiary/aromatic N) is 4. The van der Waals surface area contributed by atoms with Crippen molar-refractivity contribution in [2.24, 2.45) is 7.05 Å². The number of hydrogen-bond acceptors (Lipinski definition) is 5. The highest BCUT2D eigenvalue weighted by atomic mass is 32.1. The molecule has 0 radical (unpaired) electrons. The average molecular weight is 302 g/mol. The molecule has 0 saturated heterocycles. The first-order chi connectivity index (χ1) is 10.1. The highest BCUT2D eigenvalue weighted by Gasteiger charge is 2.19. The van der Waals surface area contributed by atoms with E-state index in [0.717, 1.165) is 10.6 Å². The summed E-state index contributed by atoms with van der Waals surface area (Å²) in [5.74, 6) is -0.101. The molecule has 3 rings (SSSR count). The number of hydrogen-bond donors (Lipinski definition) is 0. The van der Waals surface area contributed by atoms with Crippen molar-refractivity contribution >= 4 is 17.2 Å². The summed E-state index contributed by atoms with van der Waals surface area (Å²) >= 11 is 1.60. The molecule has 0 aliphatic carbocycles. The van der Waals surface area contributed by atoms with Gasteiger partial charge in [0.1, 0.15) is 23.3 Å². The van der Waals surface area contributed by atoms with Gasteiger partial charge in [0.25, 0.3) is 5.91 Å². The van der Waals surface area contributed by atoms with Gasteiger partial charge in [-0.3, -0.25) is 9.48 Å². The predicted octanol–water partition coefficient (Wildman–Crippen LogP) is 2.41. The van der Waals surface area contributed by atoms with Gasteiger partial charge in [0, 0.05) is 20.2 Å². The third-order valence-electron chi connectivity index (χ3n) is 3.11. The van der Waals surface area contributed by atoms with Crippen LogP contribution in [0.2, 0.25) is 0 Å². The standard InChI is InChI=1S/C14H14N4O2S/c1-17(9-10-5-6-20-16-10)14(19)12-8-11(15-18(12)2)13-4-3-7-21-13/h3-8H,9H2,1-2H3. The van der Waals surface area contributed by atoms with E-state index >= 15 is 0 Å². The van der Waals surface area contributed by atoms with Gasteiger partial charge < -0.3 is 9.42 Å². The van der Waals surface area contributed by atoms with Crippen LogP contribution in [0.4, 0.5) is 0 Å². The summed E-state index contributed by atoms with van der Waals surface area (Å²) in [5.41, 5.74) is 2.07. The normalized spacial score (nSPS) is 10.8. The van der Waals surface area contributed by atoms with Crippen molar-refractivity contribution in [2.45, 2.75) is 6.54 Å². The first-order valence-electron chi connectivity index (χ1n) is 6.38. The zero-order valence-electron chi connectivity index (χ0n) is 11.7. The van der Waals surface area contributed by atoms with Gasteiger partial charge in [0.2, 0.25) is 0 Å². The molecule has 0 fully saturated rings. The molecule has 3 heterocycles. The number of carbonyl (C=O) groups excluding carboxylic acids is 1. The number of aryl methyl sites for hydroxylation is 1. The monoisotopic (exact) mass is 302 g/mol. The fourth-order valence-electron chi connectivity index (χ4n) is 2.04. The summed E-state index contributed by atoms with van der Waals surface area (Å²) in [7, 11) is 3.50. The maximum atomic E-state index is 12.5. The van der Waals surface area contributed by atoms with Gasteiger partial charge in [-0.15, -0.1) is 11.3 Å². The Morgan fingerprint density at radius 3 is 3.00 bits per heavy atom.